The van der Waals surface area contributed by atoms with Gasteiger partial charge in [0.25, 0.3) is 0 Å². The molecule has 0 aromatic carbocycles. The molecule has 2 heterocycles. The molecule has 16 heavy (non-hydrogen) atoms. The first-order valence-corrected chi connectivity index (χ1v) is 6.21. The highest BCUT2D eigenvalue weighted by Gasteiger charge is 2.28. The van der Waals surface area contributed by atoms with Gasteiger partial charge in [-0.2, -0.15) is 0 Å². The Morgan fingerprint density at radius 3 is 2.94 bits per heavy atom. The Kier molecular flexibility index (Phi) is 3.63. The molecule has 2 rings (SSSR count). The molecule has 1 aromatic heterocycles. The Hall–Kier alpha value is -0.840. The number of nitrogens with zero attached hydrogens (tertiary/aromatic N) is 1. The van der Waals surface area contributed by atoms with Crippen LogP contribution in [0.3, 0.4) is 0 Å². The van der Waals surface area contributed by atoms with E-state index in [-0.39, 0.29) is 18.4 Å². The molecule has 3 nitrogen and oxygen atoms in total. The van der Waals surface area contributed by atoms with E-state index in [1.54, 1.807) is 17.1 Å². The molecule has 1 fully saturated rings. The van der Waals surface area contributed by atoms with E-state index in [0.717, 1.165) is 9.21 Å². The lowest BCUT2D eigenvalue weighted by molar-refractivity contribution is -0.132. The van der Waals surface area contributed by atoms with Crippen molar-refractivity contribution in [3.05, 3.63) is 27.4 Å². The van der Waals surface area contributed by atoms with Gasteiger partial charge in [-0.25, -0.2) is 0 Å². The third-order valence-corrected chi connectivity index (χ3v) is 3.71. The van der Waals surface area contributed by atoms with Crippen molar-refractivity contribution in [2.75, 3.05) is 19.7 Å². The minimum Gasteiger partial charge on any atom is -0.396 e. The quantitative estimate of drug-likeness (QED) is 0.840. The second-order valence-electron chi connectivity index (χ2n) is 3.77. The van der Waals surface area contributed by atoms with E-state index in [0.29, 0.717) is 13.1 Å². The summed E-state index contributed by atoms with van der Waals surface area (Å²) >= 11 is 7.22. The molecule has 1 aliphatic heterocycles. The maximum absolute atomic E-state index is 11.6. The number of hydrogen-bond donors (Lipinski definition) is 1. The van der Waals surface area contributed by atoms with E-state index in [2.05, 4.69) is 0 Å². The number of aliphatic hydroxyl groups is 1. The molecule has 0 saturated carbocycles. The average Bonchev–Trinajstić information content (AvgIpc) is 2.60. The van der Waals surface area contributed by atoms with Crippen LogP contribution in [0, 0.1) is 5.92 Å². The Labute approximate surface area is 103 Å². The molecule has 5 heteroatoms. The van der Waals surface area contributed by atoms with E-state index in [9.17, 15) is 4.79 Å². The second-order valence-corrected chi connectivity index (χ2v) is 5.51. The average molecular weight is 258 g/mol. The smallest absolute Gasteiger partial charge is 0.246 e. The third kappa shape index (κ3) is 2.64. The van der Waals surface area contributed by atoms with Crippen LogP contribution < -0.4 is 0 Å². The fraction of sp³-hybridized carbons (Fsp3) is 0.364. The highest BCUT2D eigenvalue weighted by molar-refractivity contribution is 7.17. The van der Waals surface area contributed by atoms with Gasteiger partial charge < -0.3 is 10.0 Å². The third-order valence-electron chi connectivity index (χ3n) is 2.51. The zero-order valence-electron chi connectivity index (χ0n) is 8.60. The van der Waals surface area contributed by atoms with Crippen LogP contribution in [0.2, 0.25) is 4.34 Å². The van der Waals surface area contributed by atoms with E-state index in [4.69, 9.17) is 16.7 Å². The summed E-state index contributed by atoms with van der Waals surface area (Å²) in [5.41, 5.74) is 0. The second kappa shape index (κ2) is 4.99. The largest absolute Gasteiger partial charge is 0.396 e. The molecule has 1 aliphatic rings. The number of halogens is 1. The SMILES string of the molecule is O=C(C=Cc1ccc(Cl)s1)N1CC(CO)C1. The minimum absolute atomic E-state index is 0.00535. The summed E-state index contributed by atoms with van der Waals surface area (Å²) < 4.78 is 0.719. The molecule has 1 N–H and O–H groups in total. The molecule has 86 valence electrons. The normalized spacial score (nSPS) is 16.8. The topological polar surface area (TPSA) is 40.5 Å². The lowest BCUT2D eigenvalue weighted by Gasteiger charge is -2.37. The summed E-state index contributed by atoms with van der Waals surface area (Å²) in [5.74, 6) is 0.253. The summed E-state index contributed by atoms with van der Waals surface area (Å²) in [5, 5.41) is 8.83. The van der Waals surface area contributed by atoms with Crippen LogP contribution in [0.25, 0.3) is 6.08 Å². The number of thiophene rings is 1. The summed E-state index contributed by atoms with van der Waals surface area (Å²) in [6.45, 7) is 1.48. The molecule has 1 saturated heterocycles. The van der Waals surface area contributed by atoms with Gasteiger partial charge in [0.05, 0.1) is 4.34 Å². The fourth-order valence-corrected chi connectivity index (χ4v) is 2.51. The number of aliphatic hydroxyl groups excluding tert-OH is 1. The fourth-order valence-electron chi connectivity index (χ4n) is 1.54. The van der Waals surface area contributed by atoms with Gasteiger partial charge in [0.2, 0.25) is 5.91 Å². The number of carbonyl (C=O) groups excluding carboxylic acids is 1. The standard InChI is InChI=1S/C11H12ClNO2S/c12-10-3-1-9(16-10)2-4-11(15)13-5-8(6-13)7-14/h1-4,8,14H,5-7H2. The van der Waals surface area contributed by atoms with Gasteiger partial charge in [0, 0.05) is 36.6 Å². The highest BCUT2D eigenvalue weighted by Crippen LogP contribution is 2.22. The predicted octanol–water partition coefficient (Wildman–Crippen LogP) is 1.87. The van der Waals surface area contributed by atoms with Gasteiger partial charge in [-0.3, -0.25) is 4.79 Å². The van der Waals surface area contributed by atoms with Gasteiger partial charge in [-0.15, -0.1) is 11.3 Å². The van der Waals surface area contributed by atoms with Crippen LogP contribution in [0.15, 0.2) is 18.2 Å². The van der Waals surface area contributed by atoms with Gasteiger partial charge in [-0.1, -0.05) is 11.6 Å². The van der Waals surface area contributed by atoms with Crippen LogP contribution in [0.4, 0.5) is 0 Å². The van der Waals surface area contributed by atoms with E-state index in [1.807, 2.05) is 12.1 Å². The highest BCUT2D eigenvalue weighted by atomic mass is 35.5. The number of hydrogen-bond acceptors (Lipinski definition) is 3. The molecule has 0 bridgehead atoms. The zero-order valence-corrected chi connectivity index (χ0v) is 10.2. The monoisotopic (exact) mass is 257 g/mol. The molecule has 0 unspecified atom stereocenters. The Bertz CT molecular complexity index is 410. The van der Waals surface area contributed by atoms with Crippen molar-refractivity contribution < 1.29 is 9.90 Å². The van der Waals surface area contributed by atoms with Gasteiger partial charge in [-0.05, 0) is 18.2 Å². The molecular weight excluding hydrogens is 246 g/mol. The Morgan fingerprint density at radius 1 is 1.62 bits per heavy atom. The number of likely N-dealkylation sites (tertiary alicyclic amines) is 1. The van der Waals surface area contributed by atoms with Gasteiger partial charge in [0.1, 0.15) is 0 Å². The number of rotatable bonds is 3. The first kappa shape index (κ1) is 11.6. The van der Waals surface area contributed by atoms with Crippen molar-refractivity contribution in [3.63, 3.8) is 0 Å². The van der Waals surface area contributed by atoms with Crippen molar-refractivity contribution in [2.24, 2.45) is 5.92 Å². The zero-order chi connectivity index (χ0) is 11.5. The van der Waals surface area contributed by atoms with Crippen molar-refractivity contribution in [2.45, 2.75) is 0 Å². The molecule has 0 atom stereocenters. The first-order chi connectivity index (χ1) is 7.69. The van der Waals surface area contributed by atoms with Crippen molar-refractivity contribution >= 4 is 34.9 Å². The van der Waals surface area contributed by atoms with Crippen LogP contribution in [-0.2, 0) is 4.79 Å². The van der Waals surface area contributed by atoms with Gasteiger partial charge >= 0.3 is 0 Å². The van der Waals surface area contributed by atoms with Gasteiger partial charge in [0.15, 0.2) is 0 Å². The molecule has 0 radical (unpaired) electrons. The first-order valence-electron chi connectivity index (χ1n) is 5.02. The van der Waals surface area contributed by atoms with Crippen molar-refractivity contribution in [1.29, 1.82) is 0 Å². The summed E-state index contributed by atoms with van der Waals surface area (Å²) in [6, 6.07) is 3.69. The summed E-state index contributed by atoms with van der Waals surface area (Å²) in [7, 11) is 0. The van der Waals surface area contributed by atoms with Crippen LogP contribution in [0.5, 0.6) is 0 Å². The number of amides is 1. The van der Waals surface area contributed by atoms with Crippen LogP contribution >= 0.6 is 22.9 Å². The minimum atomic E-state index is -0.00535. The molecule has 1 amide bonds. The Morgan fingerprint density at radius 2 is 2.38 bits per heavy atom. The molecular formula is C11H12ClNO2S. The van der Waals surface area contributed by atoms with E-state index < -0.39 is 0 Å². The van der Waals surface area contributed by atoms with Crippen molar-refractivity contribution in [3.8, 4) is 0 Å². The van der Waals surface area contributed by atoms with Crippen LogP contribution in [-0.4, -0.2) is 35.6 Å². The lowest BCUT2D eigenvalue weighted by Crippen LogP contribution is -2.50. The summed E-state index contributed by atoms with van der Waals surface area (Å²) in [4.78, 5) is 14.3. The lowest BCUT2D eigenvalue weighted by atomic mass is 10.0. The maximum atomic E-state index is 11.6. The van der Waals surface area contributed by atoms with E-state index >= 15 is 0 Å². The van der Waals surface area contributed by atoms with E-state index in [1.165, 1.54) is 11.3 Å². The Balaban J connectivity index is 1.86. The van der Waals surface area contributed by atoms with Crippen LogP contribution in [0.1, 0.15) is 4.88 Å². The predicted molar refractivity (Wildman–Crippen MR) is 65.5 cm³/mol. The molecule has 1 aromatic rings. The summed E-state index contributed by atoms with van der Waals surface area (Å²) in [6.07, 6.45) is 3.32. The number of carbonyl (C=O) groups is 1. The maximum Gasteiger partial charge on any atom is 0.246 e. The molecule has 0 spiro atoms. The molecule has 0 aliphatic carbocycles. The van der Waals surface area contributed by atoms with Crippen molar-refractivity contribution in [1.82, 2.24) is 4.90 Å².